The van der Waals surface area contributed by atoms with Crippen molar-refractivity contribution in [3.05, 3.63) is 23.5 Å². The zero-order chi connectivity index (χ0) is 13.7. The van der Waals surface area contributed by atoms with Gasteiger partial charge in [-0.3, -0.25) is 0 Å². The van der Waals surface area contributed by atoms with Gasteiger partial charge in [-0.15, -0.1) is 0 Å². The van der Waals surface area contributed by atoms with Crippen LogP contribution in [0.15, 0.2) is 12.3 Å². The first-order valence-electron chi connectivity index (χ1n) is 7.45. The highest BCUT2D eigenvalue weighted by Gasteiger charge is 2.18. The number of rotatable bonds is 5. The van der Waals surface area contributed by atoms with Gasteiger partial charge in [0.1, 0.15) is 11.8 Å². The van der Waals surface area contributed by atoms with Crippen LogP contribution >= 0.6 is 0 Å². The lowest BCUT2D eigenvalue weighted by Gasteiger charge is -2.26. The van der Waals surface area contributed by atoms with E-state index in [-0.39, 0.29) is 0 Å². The van der Waals surface area contributed by atoms with Crippen LogP contribution in [0.4, 0.5) is 0 Å². The summed E-state index contributed by atoms with van der Waals surface area (Å²) >= 11 is 0. The van der Waals surface area contributed by atoms with Crippen molar-refractivity contribution in [2.75, 3.05) is 6.54 Å². The standard InChI is InChI=1S/C16H25N3/c1-13-4-3-5-14(8-13)6-7-18-11-15-9-16(10-17)19(2)12-15/h9,12-14,18H,3-8,11H2,1-2H3. The van der Waals surface area contributed by atoms with E-state index in [0.29, 0.717) is 0 Å². The highest BCUT2D eigenvalue weighted by Crippen LogP contribution is 2.30. The molecule has 2 rings (SSSR count). The van der Waals surface area contributed by atoms with Crippen LogP contribution in [-0.4, -0.2) is 11.1 Å². The summed E-state index contributed by atoms with van der Waals surface area (Å²) in [6.45, 7) is 4.35. The second kappa shape index (κ2) is 6.77. The van der Waals surface area contributed by atoms with Crippen molar-refractivity contribution in [2.45, 2.75) is 45.6 Å². The van der Waals surface area contributed by atoms with Crippen LogP contribution in [0, 0.1) is 23.2 Å². The first-order valence-corrected chi connectivity index (χ1v) is 7.45. The Labute approximate surface area is 116 Å². The highest BCUT2D eigenvalue weighted by molar-refractivity contribution is 5.28. The largest absolute Gasteiger partial charge is 0.342 e. The number of nitriles is 1. The van der Waals surface area contributed by atoms with Crippen LogP contribution in [0.3, 0.4) is 0 Å². The molecule has 2 unspecified atom stereocenters. The van der Waals surface area contributed by atoms with Crippen LogP contribution in [-0.2, 0) is 13.6 Å². The number of aromatic nitrogens is 1. The van der Waals surface area contributed by atoms with Crippen LogP contribution in [0.1, 0.15) is 50.3 Å². The van der Waals surface area contributed by atoms with Gasteiger partial charge in [0.15, 0.2) is 0 Å². The van der Waals surface area contributed by atoms with E-state index in [1.165, 1.54) is 37.7 Å². The van der Waals surface area contributed by atoms with Gasteiger partial charge in [-0.25, -0.2) is 0 Å². The van der Waals surface area contributed by atoms with Crippen LogP contribution in [0.2, 0.25) is 0 Å². The molecule has 1 aliphatic rings. The van der Waals surface area contributed by atoms with E-state index >= 15 is 0 Å². The van der Waals surface area contributed by atoms with Gasteiger partial charge in [0.05, 0.1) is 0 Å². The minimum absolute atomic E-state index is 0.734. The molecule has 3 heteroatoms. The maximum atomic E-state index is 8.91. The average Bonchev–Trinajstić information content (AvgIpc) is 2.75. The van der Waals surface area contributed by atoms with Crippen LogP contribution in [0.5, 0.6) is 0 Å². The Morgan fingerprint density at radius 2 is 2.32 bits per heavy atom. The zero-order valence-corrected chi connectivity index (χ0v) is 12.2. The van der Waals surface area contributed by atoms with Gasteiger partial charge in [0.2, 0.25) is 0 Å². The minimum atomic E-state index is 0.734. The minimum Gasteiger partial charge on any atom is -0.342 e. The average molecular weight is 259 g/mol. The third-order valence-corrected chi connectivity index (χ3v) is 4.28. The second-order valence-corrected chi connectivity index (χ2v) is 6.06. The molecule has 1 N–H and O–H groups in total. The van der Waals surface area contributed by atoms with Crippen molar-refractivity contribution in [2.24, 2.45) is 18.9 Å². The Bertz CT molecular complexity index is 441. The van der Waals surface area contributed by atoms with Crippen molar-refractivity contribution in [3.8, 4) is 6.07 Å². The lowest BCUT2D eigenvalue weighted by Crippen LogP contribution is -2.20. The summed E-state index contributed by atoms with van der Waals surface area (Å²) in [7, 11) is 1.92. The van der Waals surface area contributed by atoms with E-state index < -0.39 is 0 Å². The van der Waals surface area contributed by atoms with Gasteiger partial charge >= 0.3 is 0 Å². The van der Waals surface area contributed by atoms with E-state index in [2.05, 4.69) is 18.3 Å². The SMILES string of the molecule is CC1CCCC(CCNCc2cc(C#N)n(C)c2)C1. The van der Waals surface area contributed by atoms with Crippen molar-refractivity contribution in [1.29, 1.82) is 5.26 Å². The van der Waals surface area contributed by atoms with Crippen molar-refractivity contribution in [1.82, 2.24) is 9.88 Å². The quantitative estimate of drug-likeness (QED) is 0.825. The monoisotopic (exact) mass is 259 g/mol. The zero-order valence-electron chi connectivity index (χ0n) is 12.2. The predicted molar refractivity (Wildman–Crippen MR) is 77.6 cm³/mol. The van der Waals surface area contributed by atoms with Crippen molar-refractivity contribution < 1.29 is 0 Å². The van der Waals surface area contributed by atoms with E-state index in [1.54, 1.807) is 0 Å². The molecule has 3 nitrogen and oxygen atoms in total. The fourth-order valence-corrected chi connectivity index (χ4v) is 3.20. The fraction of sp³-hybridized carbons (Fsp3) is 0.688. The summed E-state index contributed by atoms with van der Waals surface area (Å²) in [4.78, 5) is 0. The molecule has 0 saturated heterocycles. The van der Waals surface area contributed by atoms with Crippen molar-refractivity contribution in [3.63, 3.8) is 0 Å². The second-order valence-electron chi connectivity index (χ2n) is 6.06. The summed E-state index contributed by atoms with van der Waals surface area (Å²) in [5, 5.41) is 12.4. The number of nitrogens with zero attached hydrogens (tertiary/aromatic N) is 2. The molecule has 1 saturated carbocycles. The Morgan fingerprint density at radius 3 is 3.00 bits per heavy atom. The molecule has 1 aromatic rings. The summed E-state index contributed by atoms with van der Waals surface area (Å²) in [5.41, 5.74) is 1.94. The Kier molecular flexibility index (Phi) is 5.04. The molecule has 1 fully saturated rings. The van der Waals surface area contributed by atoms with E-state index in [1.807, 2.05) is 23.9 Å². The highest BCUT2D eigenvalue weighted by atomic mass is 14.9. The molecule has 0 aromatic carbocycles. The molecule has 0 radical (unpaired) electrons. The van der Waals surface area contributed by atoms with Gasteiger partial charge < -0.3 is 9.88 Å². The number of nitrogens with one attached hydrogen (secondary N) is 1. The van der Waals surface area contributed by atoms with Gasteiger partial charge in [-0.05, 0) is 42.9 Å². The molecule has 2 atom stereocenters. The lowest BCUT2D eigenvalue weighted by molar-refractivity contribution is 0.267. The first-order chi connectivity index (χ1) is 9.19. The molecule has 1 heterocycles. The van der Waals surface area contributed by atoms with Gasteiger partial charge in [0, 0.05) is 19.8 Å². The third kappa shape index (κ3) is 4.11. The summed E-state index contributed by atoms with van der Waals surface area (Å²) in [5.74, 6) is 1.84. The molecule has 0 bridgehead atoms. The summed E-state index contributed by atoms with van der Waals surface area (Å²) in [6.07, 6.45) is 8.99. The molecule has 0 spiro atoms. The molecule has 0 amide bonds. The third-order valence-electron chi connectivity index (χ3n) is 4.28. The number of hydrogen-bond acceptors (Lipinski definition) is 2. The topological polar surface area (TPSA) is 40.8 Å². The molecule has 1 aromatic heterocycles. The van der Waals surface area contributed by atoms with Crippen molar-refractivity contribution >= 4 is 0 Å². The summed E-state index contributed by atoms with van der Waals surface area (Å²) < 4.78 is 1.89. The van der Waals surface area contributed by atoms with E-state index in [9.17, 15) is 0 Å². The Hall–Kier alpha value is -1.27. The van der Waals surface area contributed by atoms with Gasteiger partial charge in [-0.1, -0.05) is 26.2 Å². The Balaban J connectivity index is 1.67. The lowest BCUT2D eigenvalue weighted by atomic mass is 9.81. The van der Waals surface area contributed by atoms with E-state index in [4.69, 9.17) is 5.26 Å². The van der Waals surface area contributed by atoms with Gasteiger partial charge in [-0.2, -0.15) is 5.26 Å². The van der Waals surface area contributed by atoms with Crippen LogP contribution < -0.4 is 5.32 Å². The molecule has 104 valence electrons. The van der Waals surface area contributed by atoms with Gasteiger partial charge in [0.25, 0.3) is 0 Å². The molecule has 1 aliphatic carbocycles. The summed E-state index contributed by atoms with van der Waals surface area (Å²) in [6, 6.07) is 4.17. The fourth-order valence-electron chi connectivity index (χ4n) is 3.20. The molecule has 0 aliphatic heterocycles. The van der Waals surface area contributed by atoms with E-state index in [0.717, 1.165) is 30.6 Å². The molecule has 19 heavy (non-hydrogen) atoms. The number of hydrogen-bond donors (Lipinski definition) is 1. The van der Waals surface area contributed by atoms with Crippen LogP contribution in [0.25, 0.3) is 0 Å². The normalized spacial score (nSPS) is 23.2. The number of aryl methyl sites for hydroxylation is 1. The molecular formula is C16H25N3. The maximum Gasteiger partial charge on any atom is 0.120 e. The Morgan fingerprint density at radius 1 is 1.47 bits per heavy atom. The first kappa shape index (κ1) is 14.1. The maximum absolute atomic E-state index is 8.91. The predicted octanol–water partition coefficient (Wildman–Crippen LogP) is 3.20. The smallest absolute Gasteiger partial charge is 0.120 e. The molecular weight excluding hydrogens is 234 g/mol.